The summed E-state index contributed by atoms with van der Waals surface area (Å²) in [5.41, 5.74) is -0.143. The molecule has 0 aromatic carbocycles. The Morgan fingerprint density at radius 2 is 2.12 bits per heavy atom. The number of aromatic amines is 1. The van der Waals surface area contributed by atoms with Crippen LogP contribution in [0.5, 0.6) is 0 Å². The molecule has 1 aliphatic rings. The van der Waals surface area contributed by atoms with Crippen molar-refractivity contribution in [3.63, 3.8) is 0 Å². The first-order valence-electron chi connectivity index (χ1n) is 5.59. The van der Waals surface area contributed by atoms with E-state index in [9.17, 15) is 9.59 Å². The van der Waals surface area contributed by atoms with Crippen LogP contribution in [0.4, 0.5) is 0 Å². The molecule has 1 aromatic heterocycles. The van der Waals surface area contributed by atoms with E-state index in [4.69, 9.17) is 11.6 Å². The highest BCUT2D eigenvalue weighted by Gasteiger charge is 2.31. The lowest BCUT2D eigenvalue weighted by atomic mass is 10.2. The van der Waals surface area contributed by atoms with Gasteiger partial charge in [0.2, 0.25) is 0 Å². The second-order valence-corrected chi connectivity index (χ2v) is 4.71. The fourth-order valence-electron chi connectivity index (χ4n) is 2.03. The first-order chi connectivity index (χ1) is 7.56. The van der Waals surface area contributed by atoms with Crippen molar-refractivity contribution in [3.05, 3.63) is 31.6 Å². The van der Waals surface area contributed by atoms with Gasteiger partial charge in [0, 0.05) is 6.04 Å². The topological polar surface area (TPSA) is 54.9 Å². The van der Waals surface area contributed by atoms with E-state index in [0.717, 1.165) is 12.8 Å². The highest BCUT2D eigenvalue weighted by atomic mass is 35.5. The molecule has 1 aliphatic carbocycles. The molecule has 1 fully saturated rings. The van der Waals surface area contributed by atoms with E-state index < -0.39 is 5.69 Å². The average Bonchev–Trinajstić information content (AvgIpc) is 3.00. The van der Waals surface area contributed by atoms with Crippen LogP contribution in [0, 0.1) is 5.92 Å². The Balaban J connectivity index is 2.60. The fraction of sp³-hybridized carbons (Fsp3) is 0.636. The molecular formula is C11H15ClN2O2. The van der Waals surface area contributed by atoms with Gasteiger partial charge in [0.25, 0.3) is 5.56 Å². The third-order valence-electron chi connectivity index (χ3n) is 3.24. The molecule has 0 spiro atoms. The number of rotatable bonds is 3. The standard InChI is InChI=1S/C11H15ClN2O2/c1-3-8-9(12)13-11(16)14(10(8)15)6(2)7-4-5-7/h6-7H,3-5H2,1-2H3,(H,13,16). The zero-order valence-electron chi connectivity index (χ0n) is 9.42. The second kappa shape index (κ2) is 4.09. The molecule has 0 amide bonds. The lowest BCUT2D eigenvalue weighted by Crippen LogP contribution is -2.39. The number of hydrogen-bond donors (Lipinski definition) is 1. The molecule has 88 valence electrons. The van der Waals surface area contributed by atoms with Crippen LogP contribution in [0.25, 0.3) is 0 Å². The van der Waals surface area contributed by atoms with Crippen LogP contribution in [-0.2, 0) is 6.42 Å². The molecule has 4 nitrogen and oxygen atoms in total. The van der Waals surface area contributed by atoms with Gasteiger partial charge in [-0.1, -0.05) is 18.5 Å². The fourth-order valence-corrected chi connectivity index (χ4v) is 2.32. The van der Waals surface area contributed by atoms with Crippen molar-refractivity contribution in [1.82, 2.24) is 9.55 Å². The SMILES string of the molecule is CCc1c(Cl)[nH]c(=O)n(C(C)C2CC2)c1=O. The van der Waals surface area contributed by atoms with E-state index in [0.29, 0.717) is 17.9 Å². The van der Waals surface area contributed by atoms with Gasteiger partial charge in [-0.05, 0) is 32.1 Å². The summed E-state index contributed by atoms with van der Waals surface area (Å²) >= 11 is 5.84. The Hall–Kier alpha value is -1.03. The summed E-state index contributed by atoms with van der Waals surface area (Å²) in [6.07, 6.45) is 2.72. The predicted octanol–water partition coefficient (Wildman–Crippen LogP) is 1.72. The van der Waals surface area contributed by atoms with Gasteiger partial charge < -0.3 is 0 Å². The summed E-state index contributed by atoms with van der Waals surface area (Å²) in [6.45, 7) is 3.77. The molecule has 16 heavy (non-hydrogen) atoms. The first-order valence-corrected chi connectivity index (χ1v) is 5.97. The molecule has 0 radical (unpaired) electrons. The Morgan fingerprint density at radius 1 is 1.50 bits per heavy atom. The maximum atomic E-state index is 12.1. The lowest BCUT2D eigenvalue weighted by molar-refractivity contribution is 0.448. The number of aromatic nitrogens is 2. The minimum Gasteiger partial charge on any atom is -0.297 e. The van der Waals surface area contributed by atoms with Gasteiger partial charge in [-0.2, -0.15) is 0 Å². The normalized spacial score (nSPS) is 17.4. The minimum atomic E-state index is -0.397. The quantitative estimate of drug-likeness (QED) is 0.821. The Morgan fingerprint density at radius 3 is 2.62 bits per heavy atom. The molecule has 5 heteroatoms. The summed E-state index contributed by atoms with van der Waals surface area (Å²) in [5, 5.41) is 0.178. The summed E-state index contributed by atoms with van der Waals surface area (Å²) in [6, 6.07) is -0.0289. The van der Waals surface area contributed by atoms with Gasteiger partial charge in [0.05, 0.1) is 5.56 Å². The van der Waals surface area contributed by atoms with E-state index in [1.54, 1.807) is 0 Å². The molecule has 1 heterocycles. The number of hydrogen-bond acceptors (Lipinski definition) is 2. The van der Waals surface area contributed by atoms with E-state index in [2.05, 4.69) is 4.98 Å². The zero-order valence-corrected chi connectivity index (χ0v) is 10.2. The number of nitrogens with one attached hydrogen (secondary N) is 1. The molecule has 2 rings (SSSR count). The van der Waals surface area contributed by atoms with Crippen LogP contribution in [-0.4, -0.2) is 9.55 Å². The monoisotopic (exact) mass is 242 g/mol. The van der Waals surface area contributed by atoms with Crippen LogP contribution in [0.2, 0.25) is 5.15 Å². The van der Waals surface area contributed by atoms with Gasteiger partial charge in [-0.25, -0.2) is 4.79 Å². The lowest BCUT2D eigenvalue weighted by Gasteiger charge is -2.14. The van der Waals surface area contributed by atoms with Crippen molar-refractivity contribution in [2.45, 2.75) is 39.2 Å². The van der Waals surface area contributed by atoms with Crippen LogP contribution >= 0.6 is 11.6 Å². The number of halogens is 1. The molecule has 1 atom stereocenters. The maximum absolute atomic E-state index is 12.1. The van der Waals surface area contributed by atoms with Gasteiger partial charge >= 0.3 is 5.69 Å². The van der Waals surface area contributed by atoms with Crippen molar-refractivity contribution in [2.24, 2.45) is 5.92 Å². The minimum absolute atomic E-state index is 0.0289. The van der Waals surface area contributed by atoms with E-state index in [1.165, 1.54) is 4.57 Å². The van der Waals surface area contributed by atoms with Crippen LogP contribution in [0.15, 0.2) is 9.59 Å². The highest BCUT2D eigenvalue weighted by molar-refractivity contribution is 6.30. The summed E-state index contributed by atoms with van der Waals surface area (Å²) in [4.78, 5) is 26.3. The van der Waals surface area contributed by atoms with E-state index in [-0.39, 0.29) is 16.8 Å². The van der Waals surface area contributed by atoms with Crippen molar-refractivity contribution >= 4 is 11.6 Å². The van der Waals surface area contributed by atoms with Gasteiger partial charge in [0.15, 0.2) is 0 Å². The maximum Gasteiger partial charge on any atom is 0.329 e. The van der Waals surface area contributed by atoms with Crippen molar-refractivity contribution in [2.75, 3.05) is 0 Å². The third kappa shape index (κ3) is 1.82. The summed E-state index contributed by atoms with van der Waals surface area (Å²) in [7, 11) is 0. The Bertz CT molecular complexity index is 514. The largest absolute Gasteiger partial charge is 0.329 e. The molecule has 0 bridgehead atoms. The number of H-pyrrole nitrogens is 1. The van der Waals surface area contributed by atoms with E-state index >= 15 is 0 Å². The van der Waals surface area contributed by atoms with Crippen LogP contribution in [0.3, 0.4) is 0 Å². The van der Waals surface area contributed by atoms with E-state index in [1.807, 2.05) is 13.8 Å². The van der Waals surface area contributed by atoms with Crippen LogP contribution in [0.1, 0.15) is 38.3 Å². The molecule has 1 saturated carbocycles. The molecule has 1 aromatic rings. The smallest absolute Gasteiger partial charge is 0.297 e. The average molecular weight is 243 g/mol. The van der Waals surface area contributed by atoms with Crippen molar-refractivity contribution in [3.8, 4) is 0 Å². The van der Waals surface area contributed by atoms with Crippen molar-refractivity contribution < 1.29 is 0 Å². The van der Waals surface area contributed by atoms with Gasteiger partial charge in [0.1, 0.15) is 5.15 Å². The van der Waals surface area contributed by atoms with Crippen LogP contribution < -0.4 is 11.2 Å². The second-order valence-electron chi connectivity index (χ2n) is 4.33. The molecule has 1 N–H and O–H groups in total. The summed E-state index contributed by atoms with van der Waals surface area (Å²) in [5.74, 6) is 0.463. The molecule has 1 unspecified atom stereocenters. The Kier molecular flexibility index (Phi) is 2.93. The highest BCUT2D eigenvalue weighted by Crippen LogP contribution is 2.38. The predicted molar refractivity (Wildman–Crippen MR) is 63.1 cm³/mol. The first kappa shape index (κ1) is 11.5. The molecular weight excluding hydrogens is 228 g/mol. The van der Waals surface area contributed by atoms with Gasteiger partial charge in [-0.15, -0.1) is 0 Å². The number of nitrogens with zero attached hydrogens (tertiary/aromatic N) is 1. The molecule has 0 saturated heterocycles. The van der Waals surface area contributed by atoms with Gasteiger partial charge in [-0.3, -0.25) is 14.3 Å². The zero-order chi connectivity index (χ0) is 11.9. The van der Waals surface area contributed by atoms with Crippen molar-refractivity contribution in [1.29, 1.82) is 0 Å². The molecule has 0 aliphatic heterocycles. The summed E-state index contributed by atoms with van der Waals surface area (Å²) < 4.78 is 1.31. The third-order valence-corrected chi connectivity index (χ3v) is 3.57. The Labute approximate surface area is 98.3 Å².